The maximum atomic E-state index is 12.3. The summed E-state index contributed by atoms with van der Waals surface area (Å²) < 4.78 is 46.8. The number of alkyl halides is 3. The van der Waals surface area contributed by atoms with Gasteiger partial charge in [0, 0.05) is 17.8 Å². The summed E-state index contributed by atoms with van der Waals surface area (Å²) in [6.45, 7) is 2.59. The molecule has 0 radical (unpaired) electrons. The van der Waals surface area contributed by atoms with Crippen LogP contribution in [0.2, 0.25) is 0 Å². The fourth-order valence-electron chi connectivity index (χ4n) is 3.38. The first kappa shape index (κ1) is 21.0. The number of halogens is 3. The Morgan fingerprint density at radius 1 is 1.34 bits per heavy atom. The van der Waals surface area contributed by atoms with Gasteiger partial charge in [-0.2, -0.15) is 5.10 Å². The summed E-state index contributed by atoms with van der Waals surface area (Å²) in [5.74, 6) is -1.36. The van der Waals surface area contributed by atoms with Gasteiger partial charge in [0.1, 0.15) is 5.75 Å². The quantitative estimate of drug-likeness (QED) is 0.664. The van der Waals surface area contributed by atoms with E-state index in [0.717, 1.165) is 30.5 Å². The van der Waals surface area contributed by atoms with Crippen molar-refractivity contribution < 1.29 is 32.5 Å². The van der Waals surface area contributed by atoms with Crippen LogP contribution in [0.1, 0.15) is 37.9 Å². The highest BCUT2D eigenvalue weighted by Gasteiger charge is 2.31. The fourth-order valence-corrected chi connectivity index (χ4v) is 3.38. The molecule has 2 aliphatic rings. The summed E-state index contributed by atoms with van der Waals surface area (Å²) >= 11 is 0. The van der Waals surface area contributed by atoms with Crippen LogP contribution in [-0.4, -0.2) is 42.3 Å². The van der Waals surface area contributed by atoms with Crippen LogP contribution in [-0.2, 0) is 9.53 Å². The number of benzene rings is 1. The van der Waals surface area contributed by atoms with Crippen LogP contribution in [0.25, 0.3) is 0 Å². The van der Waals surface area contributed by atoms with Crippen molar-refractivity contribution in [1.82, 2.24) is 10.7 Å². The van der Waals surface area contributed by atoms with Gasteiger partial charge in [-0.3, -0.25) is 0 Å². The number of carboxylic acids is 1. The van der Waals surface area contributed by atoms with Gasteiger partial charge in [0.25, 0.3) is 0 Å². The predicted molar refractivity (Wildman–Crippen MR) is 98.4 cm³/mol. The van der Waals surface area contributed by atoms with Gasteiger partial charge in [-0.25, -0.2) is 4.79 Å². The van der Waals surface area contributed by atoms with Crippen LogP contribution in [0.5, 0.6) is 5.75 Å². The third-order valence-corrected chi connectivity index (χ3v) is 4.83. The Balaban J connectivity index is 1.58. The molecule has 158 valence electrons. The fraction of sp³-hybridized carbons (Fsp3) is 0.474. The van der Waals surface area contributed by atoms with Gasteiger partial charge >= 0.3 is 12.3 Å². The number of hydrazone groups is 1. The molecule has 0 aliphatic carbocycles. The summed E-state index contributed by atoms with van der Waals surface area (Å²) in [6.07, 6.45) is -2.52. The molecule has 1 aromatic carbocycles. The van der Waals surface area contributed by atoms with E-state index < -0.39 is 12.3 Å². The van der Waals surface area contributed by atoms with Gasteiger partial charge < -0.3 is 25.3 Å². The number of carboxylic acid groups (broad SMARTS) is 1. The molecular weight excluding hydrogens is 391 g/mol. The highest BCUT2D eigenvalue weighted by Crippen LogP contribution is 2.32. The molecule has 0 unspecified atom stereocenters. The van der Waals surface area contributed by atoms with Gasteiger partial charge in [-0.1, -0.05) is 12.1 Å². The molecule has 7 nitrogen and oxygen atoms in total. The van der Waals surface area contributed by atoms with E-state index in [1.54, 1.807) is 19.1 Å². The molecular formula is C19H22F3N3O4. The zero-order valence-corrected chi connectivity index (χ0v) is 15.8. The van der Waals surface area contributed by atoms with Crippen LogP contribution in [0, 0.1) is 0 Å². The van der Waals surface area contributed by atoms with E-state index in [9.17, 15) is 18.0 Å². The van der Waals surface area contributed by atoms with Crippen molar-refractivity contribution in [1.29, 1.82) is 0 Å². The van der Waals surface area contributed by atoms with Crippen molar-refractivity contribution in [2.24, 2.45) is 5.10 Å². The van der Waals surface area contributed by atoms with Crippen LogP contribution in [0.4, 0.5) is 13.2 Å². The Kier molecular flexibility index (Phi) is 6.31. The van der Waals surface area contributed by atoms with Crippen molar-refractivity contribution in [2.45, 2.75) is 44.8 Å². The zero-order valence-electron chi connectivity index (χ0n) is 15.8. The molecule has 0 saturated carbocycles. The van der Waals surface area contributed by atoms with Crippen LogP contribution >= 0.6 is 0 Å². The van der Waals surface area contributed by atoms with Crippen LogP contribution in [0.15, 0.2) is 40.6 Å². The van der Waals surface area contributed by atoms with Crippen LogP contribution in [0.3, 0.4) is 0 Å². The van der Waals surface area contributed by atoms with E-state index in [0.29, 0.717) is 18.7 Å². The molecule has 3 rings (SSSR count). The van der Waals surface area contributed by atoms with E-state index in [1.165, 1.54) is 12.1 Å². The summed E-state index contributed by atoms with van der Waals surface area (Å²) in [5.41, 5.74) is 4.78. The predicted octanol–water partition coefficient (Wildman–Crippen LogP) is 3.10. The third-order valence-electron chi connectivity index (χ3n) is 4.83. The van der Waals surface area contributed by atoms with Gasteiger partial charge in [0.2, 0.25) is 0 Å². The van der Waals surface area contributed by atoms with E-state index in [-0.39, 0.29) is 23.7 Å². The molecule has 0 amide bonds. The lowest BCUT2D eigenvalue weighted by molar-refractivity contribution is -0.274. The standard InChI is InChI=1S/C19H22F3N3O4/c1-11-15(10-24-25-17(11)18(26)27)23-9-14-3-2-4-16(28-14)12-5-7-13(8-6-12)29-19(20,21)22/h5-8,14,16,23-24H,2-4,9-10H2,1H3,(H,26,27)/t14-,16+/m1/s1. The summed E-state index contributed by atoms with van der Waals surface area (Å²) in [7, 11) is 0. The minimum Gasteiger partial charge on any atom is -0.476 e. The summed E-state index contributed by atoms with van der Waals surface area (Å²) in [6, 6.07) is 5.72. The Morgan fingerprint density at radius 3 is 2.72 bits per heavy atom. The summed E-state index contributed by atoms with van der Waals surface area (Å²) in [5, 5.41) is 16.2. The SMILES string of the molecule is CC1=C(NC[C@H]2CCC[C@@H](c3ccc(OC(F)(F)F)cc3)O2)CNN=C1C(=O)O. The molecule has 2 heterocycles. The largest absolute Gasteiger partial charge is 0.573 e. The van der Waals surface area contributed by atoms with Crippen molar-refractivity contribution in [3.05, 3.63) is 41.1 Å². The number of aliphatic carboxylic acids is 1. The smallest absolute Gasteiger partial charge is 0.476 e. The van der Waals surface area contributed by atoms with Crippen LogP contribution < -0.4 is 15.5 Å². The Labute approximate surface area is 165 Å². The van der Waals surface area contributed by atoms with Gasteiger partial charge in [0.05, 0.1) is 18.8 Å². The molecule has 1 fully saturated rings. The minimum absolute atomic E-state index is 0.0256. The second-order valence-corrected chi connectivity index (χ2v) is 6.88. The maximum Gasteiger partial charge on any atom is 0.573 e. The number of carbonyl (C=O) groups is 1. The molecule has 0 aromatic heterocycles. The maximum absolute atomic E-state index is 12.3. The van der Waals surface area contributed by atoms with Gasteiger partial charge in [-0.15, -0.1) is 13.2 Å². The van der Waals surface area contributed by atoms with E-state index >= 15 is 0 Å². The molecule has 29 heavy (non-hydrogen) atoms. The first-order chi connectivity index (χ1) is 13.7. The lowest BCUT2D eigenvalue weighted by atomic mass is 9.98. The Morgan fingerprint density at radius 2 is 2.07 bits per heavy atom. The highest BCUT2D eigenvalue weighted by atomic mass is 19.4. The lowest BCUT2D eigenvalue weighted by Gasteiger charge is -2.31. The molecule has 1 aromatic rings. The Hall–Kier alpha value is -2.75. The average Bonchev–Trinajstić information content (AvgIpc) is 2.66. The van der Waals surface area contributed by atoms with E-state index in [1.807, 2.05) is 0 Å². The van der Waals surface area contributed by atoms with Crippen molar-refractivity contribution in [3.8, 4) is 5.75 Å². The molecule has 0 bridgehead atoms. The molecule has 0 spiro atoms. The topological polar surface area (TPSA) is 92.2 Å². The monoisotopic (exact) mass is 413 g/mol. The number of nitrogens with one attached hydrogen (secondary N) is 2. The van der Waals surface area contributed by atoms with Gasteiger partial charge in [-0.05, 0) is 43.9 Å². The number of nitrogens with zero attached hydrogens (tertiary/aromatic N) is 1. The molecule has 10 heteroatoms. The van der Waals surface area contributed by atoms with E-state index in [2.05, 4.69) is 20.6 Å². The second-order valence-electron chi connectivity index (χ2n) is 6.88. The first-order valence-corrected chi connectivity index (χ1v) is 9.22. The number of hydrogen-bond donors (Lipinski definition) is 3. The van der Waals surface area contributed by atoms with E-state index in [4.69, 9.17) is 9.84 Å². The van der Waals surface area contributed by atoms with Crippen molar-refractivity contribution in [2.75, 3.05) is 13.1 Å². The third kappa shape index (κ3) is 5.63. The minimum atomic E-state index is -4.72. The lowest BCUT2D eigenvalue weighted by Crippen LogP contribution is -2.38. The normalized spacial score (nSPS) is 22.6. The highest BCUT2D eigenvalue weighted by molar-refractivity contribution is 6.42. The molecule has 3 N–H and O–H groups in total. The first-order valence-electron chi connectivity index (χ1n) is 9.22. The number of ether oxygens (including phenoxy) is 2. The average molecular weight is 413 g/mol. The second kappa shape index (κ2) is 8.73. The molecule has 2 atom stereocenters. The van der Waals surface area contributed by atoms with Crippen molar-refractivity contribution in [3.63, 3.8) is 0 Å². The van der Waals surface area contributed by atoms with Gasteiger partial charge in [0.15, 0.2) is 5.71 Å². The zero-order chi connectivity index (χ0) is 21.0. The number of rotatable bonds is 6. The Bertz CT molecular complexity index is 806. The molecule has 2 aliphatic heterocycles. The number of hydrogen-bond acceptors (Lipinski definition) is 6. The molecule has 1 saturated heterocycles. The summed E-state index contributed by atoms with van der Waals surface area (Å²) in [4.78, 5) is 11.2. The van der Waals surface area contributed by atoms with Crippen molar-refractivity contribution >= 4 is 11.7 Å².